The first-order valence-electron chi connectivity index (χ1n) is 14.4. The van der Waals surface area contributed by atoms with E-state index in [4.69, 9.17) is 16.3 Å². The lowest BCUT2D eigenvalue weighted by Gasteiger charge is -2.33. The molecular formula is C34H33ClF3N3O5S. The summed E-state index contributed by atoms with van der Waals surface area (Å²) in [5, 5.41) is 1.94. The topological polar surface area (TPSA) is 96.0 Å². The van der Waals surface area contributed by atoms with Crippen molar-refractivity contribution in [3.05, 3.63) is 124 Å². The number of likely N-dealkylation sites (N-methyl/N-ethyl adjacent to an activating group) is 1. The van der Waals surface area contributed by atoms with Gasteiger partial charge in [0.1, 0.15) is 18.3 Å². The third-order valence-corrected chi connectivity index (χ3v) is 9.55. The fourth-order valence-corrected chi connectivity index (χ4v) is 6.57. The van der Waals surface area contributed by atoms with Gasteiger partial charge in [-0.2, -0.15) is 13.2 Å². The van der Waals surface area contributed by atoms with Gasteiger partial charge in [-0.25, -0.2) is 8.42 Å². The highest BCUT2D eigenvalue weighted by Gasteiger charge is 2.37. The molecule has 0 fully saturated rings. The lowest BCUT2D eigenvalue weighted by atomic mass is 10.0. The Kier molecular flexibility index (Phi) is 11.2. The molecule has 47 heavy (non-hydrogen) atoms. The van der Waals surface area contributed by atoms with E-state index in [-0.39, 0.29) is 17.9 Å². The molecule has 0 heterocycles. The molecular weight excluding hydrogens is 655 g/mol. The number of hydrogen-bond acceptors (Lipinski definition) is 5. The van der Waals surface area contributed by atoms with Crippen molar-refractivity contribution in [2.75, 3.05) is 25.0 Å². The first kappa shape index (κ1) is 35.3. The fourth-order valence-electron chi connectivity index (χ4n) is 4.94. The Morgan fingerprint density at radius 3 is 2.19 bits per heavy atom. The molecule has 4 aromatic carbocycles. The molecule has 13 heteroatoms. The number of nitrogens with one attached hydrogen (secondary N) is 1. The molecule has 4 aromatic rings. The highest BCUT2D eigenvalue weighted by atomic mass is 35.5. The van der Waals surface area contributed by atoms with Crippen LogP contribution in [0.25, 0.3) is 0 Å². The van der Waals surface area contributed by atoms with Crippen molar-refractivity contribution in [1.29, 1.82) is 0 Å². The molecule has 2 amide bonds. The van der Waals surface area contributed by atoms with Gasteiger partial charge in [0.25, 0.3) is 10.0 Å². The van der Waals surface area contributed by atoms with Crippen molar-refractivity contribution < 1.29 is 35.9 Å². The SMILES string of the molecule is CNC(=O)[C@@H](Cc1ccccc1)N(Cc1cccc(OC)c1)C(=O)CN(c1ccc(Cl)c(C(F)(F)F)c1)S(=O)(=O)c1ccc(C)cc1. The minimum absolute atomic E-state index is 0.0695. The molecule has 0 radical (unpaired) electrons. The Balaban J connectivity index is 1.86. The first-order chi connectivity index (χ1) is 22.2. The van der Waals surface area contributed by atoms with Crippen LogP contribution in [0.15, 0.2) is 102 Å². The van der Waals surface area contributed by atoms with Crippen molar-refractivity contribution in [3.63, 3.8) is 0 Å². The van der Waals surface area contributed by atoms with Gasteiger partial charge in [-0.15, -0.1) is 0 Å². The molecule has 0 aromatic heterocycles. The summed E-state index contributed by atoms with van der Waals surface area (Å²) in [6, 6.07) is 22.9. The van der Waals surface area contributed by atoms with Gasteiger partial charge in [-0.05, 0) is 60.5 Å². The number of nitrogens with zero attached hydrogens (tertiary/aromatic N) is 2. The second kappa shape index (κ2) is 14.9. The van der Waals surface area contributed by atoms with Gasteiger partial charge < -0.3 is 15.0 Å². The maximum absolute atomic E-state index is 14.4. The number of methoxy groups -OCH3 is 1. The number of sulfonamides is 1. The zero-order chi connectivity index (χ0) is 34.4. The normalized spacial score (nSPS) is 12.2. The predicted molar refractivity (Wildman–Crippen MR) is 174 cm³/mol. The van der Waals surface area contributed by atoms with Gasteiger partial charge in [-0.1, -0.05) is 71.8 Å². The van der Waals surface area contributed by atoms with Crippen LogP contribution in [0.5, 0.6) is 5.75 Å². The van der Waals surface area contributed by atoms with E-state index in [1.54, 1.807) is 61.5 Å². The van der Waals surface area contributed by atoms with Gasteiger partial charge in [-0.3, -0.25) is 13.9 Å². The zero-order valence-corrected chi connectivity index (χ0v) is 27.4. The quantitative estimate of drug-likeness (QED) is 0.190. The van der Waals surface area contributed by atoms with Crippen LogP contribution in [0, 0.1) is 6.92 Å². The second-order valence-corrected chi connectivity index (χ2v) is 12.9. The lowest BCUT2D eigenvalue weighted by Crippen LogP contribution is -2.53. The van der Waals surface area contributed by atoms with Gasteiger partial charge in [0.2, 0.25) is 11.8 Å². The van der Waals surface area contributed by atoms with E-state index in [1.165, 1.54) is 43.3 Å². The average molecular weight is 688 g/mol. The van der Waals surface area contributed by atoms with Crippen molar-refractivity contribution in [2.45, 2.75) is 37.0 Å². The van der Waals surface area contributed by atoms with Crippen LogP contribution in [0.3, 0.4) is 0 Å². The summed E-state index contributed by atoms with van der Waals surface area (Å²) in [6.07, 6.45) is -4.84. The van der Waals surface area contributed by atoms with Crippen LogP contribution in [-0.2, 0) is 38.8 Å². The van der Waals surface area contributed by atoms with E-state index in [9.17, 15) is 31.2 Å². The number of carbonyl (C=O) groups is 2. The van der Waals surface area contributed by atoms with Crippen molar-refractivity contribution in [3.8, 4) is 5.75 Å². The first-order valence-corrected chi connectivity index (χ1v) is 16.2. The molecule has 0 aliphatic carbocycles. The number of hydrogen-bond donors (Lipinski definition) is 1. The number of rotatable bonds is 12. The molecule has 1 atom stereocenters. The van der Waals surface area contributed by atoms with Crippen LogP contribution in [0.4, 0.5) is 18.9 Å². The molecule has 0 unspecified atom stereocenters. The van der Waals surface area contributed by atoms with Gasteiger partial charge >= 0.3 is 6.18 Å². The van der Waals surface area contributed by atoms with Gasteiger partial charge in [0.15, 0.2) is 0 Å². The van der Waals surface area contributed by atoms with Crippen molar-refractivity contribution in [2.24, 2.45) is 0 Å². The number of anilines is 1. The Morgan fingerprint density at radius 1 is 0.915 bits per heavy atom. The summed E-state index contributed by atoms with van der Waals surface area (Å²) in [4.78, 5) is 28.7. The molecule has 8 nitrogen and oxygen atoms in total. The number of amides is 2. The van der Waals surface area contributed by atoms with Gasteiger partial charge in [0, 0.05) is 20.0 Å². The molecule has 0 bridgehead atoms. The van der Waals surface area contributed by atoms with E-state index in [0.29, 0.717) is 21.7 Å². The van der Waals surface area contributed by atoms with Crippen molar-refractivity contribution in [1.82, 2.24) is 10.2 Å². The highest BCUT2D eigenvalue weighted by Crippen LogP contribution is 2.38. The Morgan fingerprint density at radius 2 is 1.57 bits per heavy atom. The fraction of sp³-hybridized carbons (Fsp3) is 0.235. The van der Waals surface area contributed by atoms with E-state index in [1.807, 2.05) is 0 Å². The number of halogens is 4. The third-order valence-electron chi connectivity index (χ3n) is 7.44. The number of alkyl halides is 3. The molecule has 0 spiro atoms. The molecule has 1 N–H and O–H groups in total. The van der Waals surface area contributed by atoms with Crippen LogP contribution in [-0.4, -0.2) is 51.9 Å². The summed E-state index contributed by atoms with van der Waals surface area (Å²) in [7, 11) is -1.73. The van der Waals surface area contributed by atoms with Crippen LogP contribution in [0.1, 0.15) is 22.3 Å². The monoisotopic (exact) mass is 687 g/mol. The molecule has 0 aliphatic rings. The standard InChI is InChI=1S/C34H33ClF3N3O5S/c1-23-12-15-28(16-13-23)47(44,45)41(26-14-17-30(35)29(20-26)34(36,37)38)22-32(42)40(21-25-10-7-11-27(18-25)46-3)31(33(43)39-2)19-24-8-5-4-6-9-24/h4-18,20,31H,19,21-22H2,1-3H3,(H,39,43)/t31-/m1/s1. The second-order valence-electron chi connectivity index (χ2n) is 10.7. The number of benzene rings is 4. The summed E-state index contributed by atoms with van der Waals surface area (Å²) >= 11 is 5.86. The van der Waals surface area contributed by atoms with Gasteiger partial charge in [0.05, 0.1) is 28.3 Å². The zero-order valence-electron chi connectivity index (χ0n) is 25.8. The van der Waals surface area contributed by atoms with Crippen LogP contribution >= 0.6 is 11.6 Å². The maximum Gasteiger partial charge on any atom is 0.417 e. The average Bonchev–Trinajstić information content (AvgIpc) is 3.05. The van der Waals surface area contributed by atoms with E-state index >= 15 is 0 Å². The van der Waals surface area contributed by atoms with Crippen molar-refractivity contribution >= 4 is 39.1 Å². The molecule has 0 saturated carbocycles. The summed E-state index contributed by atoms with van der Waals surface area (Å²) in [5.74, 6) is -0.876. The minimum atomic E-state index is -4.91. The summed E-state index contributed by atoms with van der Waals surface area (Å²) in [6.45, 7) is 0.670. The predicted octanol–water partition coefficient (Wildman–Crippen LogP) is 6.26. The largest absolute Gasteiger partial charge is 0.497 e. The van der Waals surface area contributed by atoms with E-state index in [2.05, 4.69) is 5.32 Å². The summed E-state index contributed by atoms with van der Waals surface area (Å²) < 4.78 is 75.8. The Hall–Kier alpha value is -4.55. The maximum atomic E-state index is 14.4. The molecule has 248 valence electrons. The highest BCUT2D eigenvalue weighted by molar-refractivity contribution is 7.92. The Bertz CT molecular complexity index is 1820. The van der Waals surface area contributed by atoms with Crippen LogP contribution in [0.2, 0.25) is 5.02 Å². The lowest BCUT2D eigenvalue weighted by molar-refractivity contribution is -0.139. The Labute approximate surface area is 276 Å². The third kappa shape index (κ3) is 8.63. The minimum Gasteiger partial charge on any atom is -0.497 e. The van der Waals surface area contributed by atoms with E-state index < -0.39 is 56.9 Å². The smallest absolute Gasteiger partial charge is 0.417 e. The number of carbonyl (C=O) groups excluding carboxylic acids is 2. The van der Waals surface area contributed by atoms with E-state index in [0.717, 1.165) is 23.3 Å². The molecule has 0 saturated heterocycles. The number of ether oxygens (including phenoxy) is 1. The molecule has 0 aliphatic heterocycles. The molecule has 4 rings (SSSR count). The number of aryl methyl sites for hydroxylation is 1. The van der Waals surface area contributed by atoms with Crippen LogP contribution < -0.4 is 14.4 Å². The summed E-state index contributed by atoms with van der Waals surface area (Å²) in [5.41, 5.74) is 0.334.